The third-order valence-electron chi connectivity index (χ3n) is 5.33. The van der Waals surface area contributed by atoms with Gasteiger partial charge in [-0.1, -0.05) is 38.1 Å². The minimum atomic E-state index is 0.557. The van der Waals surface area contributed by atoms with Crippen LogP contribution in [0.1, 0.15) is 49.1 Å². The average Bonchev–Trinajstić information content (AvgIpc) is 3.34. The fourth-order valence-electron chi connectivity index (χ4n) is 3.74. The van der Waals surface area contributed by atoms with E-state index in [0.717, 1.165) is 31.2 Å². The lowest BCUT2D eigenvalue weighted by atomic mass is 9.96. The Balaban J connectivity index is 1.47. The second kappa shape index (κ2) is 7.42. The molecule has 2 aromatic heterocycles. The number of hydrogen-bond donors (Lipinski definition) is 1. The molecule has 3 aromatic rings. The highest BCUT2D eigenvalue weighted by Crippen LogP contribution is 2.30. The molecule has 134 valence electrons. The number of likely N-dealkylation sites (tertiary alicyclic amines) is 1. The Kier molecular flexibility index (Phi) is 4.85. The van der Waals surface area contributed by atoms with Crippen molar-refractivity contribution in [2.45, 2.75) is 38.6 Å². The Bertz CT molecular complexity index is 837. The van der Waals surface area contributed by atoms with Crippen LogP contribution in [0.4, 0.5) is 0 Å². The van der Waals surface area contributed by atoms with Gasteiger partial charge in [-0.05, 0) is 48.1 Å². The van der Waals surface area contributed by atoms with Crippen molar-refractivity contribution in [1.29, 1.82) is 0 Å². The van der Waals surface area contributed by atoms with Crippen molar-refractivity contribution in [3.8, 4) is 11.3 Å². The standard InChI is InChI=1S/C22H26N4/c1-16(2)17-3-5-18(6-4-17)21-13-19(7-9-23-21)20-8-12-26(14-20)15-22-24-10-11-25-22/h3-7,9-11,13,16,20H,8,12,14-15H2,1-2H3,(H,24,25). The van der Waals surface area contributed by atoms with Crippen molar-refractivity contribution in [1.82, 2.24) is 19.9 Å². The van der Waals surface area contributed by atoms with Gasteiger partial charge in [0.25, 0.3) is 0 Å². The molecule has 0 radical (unpaired) electrons. The second-order valence-electron chi connectivity index (χ2n) is 7.51. The van der Waals surface area contributed by atoms with E-state index in [9.17, 15) is 0 Å². The summed E-state index contributed by atoms with van der Waals surface area (Å²) in [5.74, 6) is 2.18. The van der Waals surface area contributed by atoms with E-state index >= 15 is 0 Å². The normalized spacial score (nSPS) is 17.9. The molecule has 4 rings (SSSR count). The molecule has 0 saturated carbocycles. The minimum absolute atomic E-state index is 0.557. The number of nitrogens with zero attached hydrogens (tertiary/aromatic N) is 3. The van der Waals surface area contributed by atoms with Crippen LogP contribution in [0.3, 0.4) is 0 Å². The minimum Gasteiger partial charge on any atom is -0.348 e. The molecule has 4 heteroatoms. The molecule has 1 aliphatic heterocycles. The quantitative estimate of drug-likeness (QED) is 0.735. The van der Waals surface area contributed by atoms with Crippen molar-refractivity contribution >= 4 is 0 Å². The van der Waals surface area contributed by atoms with E-state index in [-0.39, 0.29) is 0 Å². The molecule has 4 nitrogen and oxygen atoms in total. The average molecular weight is 346 g/mol. The van der Waals surface area contributed by atoms with Crippen LogP contribution in [-0.4, -0.2) is 32.9 Å². The van der Waals surface area contributed by atoms with E-state index < -0.39 is 0 Å². The molecule has 0 aliphatic carbocycles. The molecule has 3 heterocycles. The van der Waals surface area contributed by atoms with Gasteiger partial charge >= 0.3 is 0 Å². The molecule has 0 amide bonds. The van der Waals surface area contributed by atoms with Crippen molar-refractivity contribution in [3.05, 3.63) is 71.9 Å². The third kappa shape index (κ3) is 3.70. The van der Waals surface area contributed by atoms with Gasteiger partial charge in [-0.2, -0.15) is 0 Å². The van der Waals surface area contributed by atoms with E-state index in [1.807, 2.05) is 18.6 Å². The fourth-order valence-corrected chi connectivity index (χ4v) is 3.74. The summed E-state index contributed by atoms with van der Waals surface area (Å²) in [6.45, 7) is 7.55. The maximum Gasteiger partial charge on any atom is 0.120 e. The van der Waals surface area contributed by atoms with Gasteiger partial charge in [0, 0.05) is 30.7 Å². The third-order valence-corrected chi connectivity index (χ3v) is 5.33. The van der Waals surface area contributed by atoms with Gasteiger partial charge in [0.2, 0.25) is 0 Å². The highest BCUT2D eigenvalue weighted by atomic mass is 15.2. The van der Waals surface area contributed by atoms with Crippen LogP contribution in [0, 0.1) is 0 Å². The van der Waals surface area contributed by atoms with Crippen LogP contribution in [0.25, 0.3) is 11.3 Å². The molecule has 1 saturated heterocycles. The lowest BCUT2D eigenvalue weighted by molar-refractivity contribution is 0.319. The number of imidazole rings is 1. The monoisotopic (exact) mass is 346 g/mol. The first-order chi connectivity index (χ1) is 12.7. The summed E-state index contributed by atoms with van der Waals surface area (Å²) in [6, 6.07) is 13.3. The SMILES string of the molecule is CC(C)c1ccc(-c2cc(C3CCN(Cc4ncc[nH]4)C3)ccn2)cc1. The van der Waals surface area contributed by atoms with Gasteiger partial charge in [0.1, 0.15) is 5.82 Å². The van der Waals surface area contributed by atoms with Crippen molar-refractivity contribution in [3.63, 3.8) is 0 Å². The summed E-state index contributed by atoms with van der Waals surface area (Å²) in [5.41, 5.74) is 5.03. The van der Waals surface area contributed by atoms with Crippen LogP contribution >= 0.6 is 0 Å². The highest BCUT2D eigenvalue weighted by Gasteiger charge is 2.24. The summed E-state index contributed by atoms with van der Waals surface area (Å²) >= 11 is 0. The Labute approximate surface area is 155 Å². The van der Waals surface area contributed by atoms with Crippen LogP contribution in [0.15, 0.2) is 55.0 Å². The van der Waals surface area contributed by atoms with Gasteiger partial charge in [-0.25, -0.2) is 4.98 Å². The van der Waals surface area contributed by atoms with Crippen molar-refractivity contribution < 1.29 is 0 Å². The van der Waals surface area contributed by atoms with Gasteiger partial charge in [-0.15, -0.1) is 0 Å². The summed E-state index contributed by atoms with van der Waals surface area (Å²) in [6.07, 6.45) is 6.86. The molecule has 26 heavy (non-hydrogen) atoms. The van der Waals surface area contributed by atoms with E-state index in [2.05, 4.69) is 70.1 Å². The summed E-state index contributed by atoms with van der Waals surface area (Å²) in [4.78, 5) is 14.6. The molecule has 0 spiro atoms. The molecule has 1 aliphatic rings. The van der Waals surface area contributed by atoms with E-state index in [1.165, 1.54) is 23.1 Å². The lowest BCUT2D eigenvalue weighted by Gasteiger charge is -2.15. The summed E-state index contributed by atoms with van der Waals surface area (Å²) in [5, 5.41) is 0. The number of hydrogen-bond acceptors (Lipinski definition) is 3. The van der Waals surface area contributed by atoms with Gasteiger partial charge < -0.3 is 4.98 Å². The Hall–Kier alpha value is -2.46. The second-order valence-corrected chi connectivity index (χ2v) is 7.51. The molecule has 1 aromatic carbocycles. The molecule has 0 bridgehead atoms. The molecule has 1 fully saturated rings. The number of H-pyrrole nitrogens is 1. The van der Waals surface area contributed by atoms with Crippen LogP contribution < -0.4 is 0 Å². The van der Waals surface area contributed by atoms with Gasteiger partial charge in [0.15, 0.2) is 0 Å². The largest absolute Gasteiger partial charge is 0.348 e. The molecular formula is C22H26N4. The maximum atomic E-state index is 4.61. The van der Waals surface area contributed by atoms with Gasteiger partial charge in [0.05, 0.1) is 12.2 Å². The molecule has 1 atom stereocenters. The zero-order valence-electron chi connectivity index (χ0n) is 15.5. The van der Waals surface area contributed by atoms with Crippen LogP contribution in [0.5, 0.6) is 0 Å². The fraction of sp³-hybridized carbons (Fsp3) is 0.364. The number of aromatic nitrogens is 3. The first-order valence-corrected chi connectivity index (χ1v) is 9.46. The number of nitrogens with one attached hydrogen (secondary N) is 1. The van der Waals surface area contributed by atoms with Crippen LogP contribution in [0.2, 0.25) is 0 Å². The lowest BCUT2D eigenvalue weighted by Crippen LogP contribution is -2.20. The van der Waals surface area contributed by atoms with Gasteiger partial charge in [-0.3, -0.25) is 9.88 Å². The number of rotatable bonds is 5. The Morgan fingerprint density at radius 2 is 1.96 bits per heavy atom. The van der Waals surface area contributed by atoms with E-state index in [1.54, 1.807) is 0 Å². The topological polar surface area (TPSA) is 44.8 Å². The predicted octanol–water partition coefficient (Wildman–Crippen LogP) is 4.58. The summed E-state index contributed by atoms with van der Waals surface area (Å²) < 4.78 is 0. The van der Waals surface area contributed by atoms with E-state index in [0.29, 0.717) is 11.8 Å². The number of pyridine rings is 1. The van der Waals surface area contributed by atoms with Crippen molar-refractivity contribution in [2.24, 2.45) is 0 Å². The predicted molar refractivity (Wildman–Crippen MR) is 105 cm³/mol. The van der Waals surface area contributed by atoms with Crippen molar-refractivity contribution in [2.75, 3.05) is 13.1 Å². The zero-order chi connectivity index (χ0) is 17.9. The smallest absolute Gasteiger partial charge is 0.120 e. The zero-order valence-corrected chi connectivity index (χ0v) is 15.5. The maximum absolute atomic E-state index is 4.61. The Morgan fingerprint density at radius 1 is 1.12 bits per heavy atom. The highest BCUT2D eigenvalue weighted by molar-refractivity contribution is 5.60. The van der Waals surface area contributed by atoms with Crippen LogP contribution in [-0.2, 0) is 6.54 Å². The number of benzene rings is 1. The molecule has 1 unspecified atom stereocenters. The molecular weight excluding hydrogens is 320 g/mol. The number of aromatic amines is 1. The Morgan fingerprint density at radius 3 is 2.69 bits per heavy atom. The summed E-state index contributed by atoms with van der Waals surface area (Å²) in [7, 11) is 0. The van der Waals surface area contributed by atoms with E-state index in [4.69, 9.17) is 0 Å². The molecule has 1 N–H and O–H groups in total. The first-order valence-electron chi connectivity index (χ1n) is 9.46. The first kappa shape index (κ1) is 17.0.